The lowest BCUT2D eigenvalue weighted by Crippen LogP contribution is -1.95. The Morgan fingerprint density at radius 3 is 1.94 bits per heavy atom. The number of para-hydroxylation sites is 4. The van der Waals surface area contributed by atoms with E-state index in [1.165, 1.54) is 26.5 Å². The zero-order valence-corrected chi connectivity index (χ0v) is 28.1. The van der Waals surface area contributed by atoms with Crippen molar-refractivity contribution in [3.63, 3.8) is 0 Å². The predicted octanol–water partition coefficient (Wildman–Crippen LogP) is 12.8. The zero-order valence-electron chi connectivity index (χ0n) is 27.2. The number of nitrogens with zero attached hydrogens (tertiary/aromatic N) is 3. The summed E-state index contributed by atoms with van der Waals surface area (Å²) in [6, 6.07) is 57.8. The van der Waals surface area contributed by atoms with E-state index in [4.69, 9.17) is 14.4 Å². The second-order valence-corrected chi connectivity index (χ2v) is 14.0. The van der Waals surface area contributed by atoms with Gasteiger partial charge in [-0.05, 0) is 59.7 Å². The summed E-state index contributed by atoms with van der Waals surface area (Å²) in [5, 5.41) is 6.91. The first kappa shape index (κ1) is 28.3. The Morgan fingerprint density at radius 2 is 1.12 bits per heavy atom. The lowest BCUT2D eigenvalue weighted by Gasteiger charge is -2.12. The third kappa shape index (κ3) is 4.32. The number of furan rings is 1. The summed E-state index contributed by atoms with van der Waals surface area (Å²) >= 11 is 1.71. The van der Waals surface area contributed by atoms with Gasteiger partial charge in [0, 0.05) is 53.8 Å². The van der Waals surface area contributed by atoms with Crippen LogP contribution in [0.5, 0.6) is 0 Å². The molecule has 4 heterocycles. The molecule has 0 radical (unpaired) electrons. The Labute approximate surface area is 296 Å². The predicted molar refractivity (Wildman–Crippen MR) is 213 cm³/mol. The van der Waals surface area contributed by atoms with E-state index in [1.807, 2.05) is 12.1 Å². The first-order valence-electron chi connectivity index (χ1n) is 17.1. The molecule has 238 valence electrons. The molecule has 0 saturated heterocycles. The highest BCUT2D eigenvalue weighted by Crippen LogP contribution is 2.43. The summed E-state index contributed by atoms with van der Waals surface area (Å²) in [6.07, 6.45) is 0. The van der Waals surface area contributed by atoms with Gasteiger partial charge in [0.25, 0.3) is 0 Å². The molecule has 0 unspecified atom stereocenters. The van der Waals surface area contributed by atoms with Crippen LogP contribution in [0.2, 0.25) is 0 Å². The largest absolute Gasteiger partial charge is 0.455 e. The SMILES string of the molecule is c1cc(-c2cccc(-n3c4ccccc4c4ccccc43)c2)cc(-c2nc(-c3cccc4c3oc3ccccc34)c3c(n2)sc2ccccc23)c1. The molecule has 0 amide bonds. The minimum absolute atomic E-state index is 0.692. The van der Waals surface area contributed by atoms with Crippen molar-refractivity contribution < 1.29 is 4.42 Å². The van der Waals surface area contributed by atoms with Crippen LogP contribution in [0.3, 0.4) is 0 Å². The highest BCUT2D eigenvalue weighted by atomic mass is 32.1. The number of hydrogen-bond acceptors (Lipinski definition) is 4. The van der Waals surface area contributed by atoms with E-state index in [0.29, 0.717) is 5.82 Å². The van der Waals surface area contributed by atoms with Crippen molar-refractivity contribution >= 4 is 75.4 Å². The number of rotatable bonds is 4. The van der Waals surface area contributed by atoms with Gasteiger partial charge in [0.15, 0.2) is 5.82 Å². The first-order valence-corrected chi connectivity index (χ1v) is 17.9. The third-order valence-corrected chi connectivity index (χ3v) is 11.1. The number of benzene rings is 7. The van der Waals surface area contributed by atoms with Crippen molar-refractivity contribution in [1.29, 1.82) is 0 Å². The molecule has 0 fully saturated rings. The molecule has 0 spiro atoms. The Kier molecular flexibility index (Phi) is 6.09. The van der Waals surface area contributed by atoms with Crippen LogP contribution < -0.4 is 0 Å². The van der Waals surface area contributed by atoms with E-state index in [1.54, 1.807) is 11.3 Å². The molecule has 0 aliphatic rings. The second-order valence-electron chi connectivity index (χ2n) is 13.0. The van der Waals surface area contributed by atoms with Crippen LogP contribution >= 0.6 is 11.3 Å². The quantitative estimate of drug-likeness (QED) is 0.187. The van der Waals surface area contributed by atoms with Gasteiger partial charge in [0.05, 0.1) is 16.7 Å². The molecular weight excluding hydrogens is 643 g/mol. The molecule has 11 rings (SSSR count). The molecule has 0 aliphatic heterocycles. The maximum Gasteiger partial charge on any atom is 0.161 e. The van der Waals surface area contributed by atoms with Crippen molar-refractivity contribution in [2.75, 3.05) is 0 Å². The minimum atomic E-state index is 0.692. The summed E-state index contributed by atoms with van der Waals surface area (Å²) in [5.41, 5.74) is 10.3. The van der Waals surface area contributed by atoms with Gasteiger partial charge in [-0.3, -0.25) is 0 Å². The molecule has 0 bridgehead atoms. The fraction of sp³-hybridized carbons (Fsp3) is 0. The standard InChI is InChI=1S/C46H27N3OS/c1-5-22-38-32(16-1)33-17-2-6-23-39(33)49(38)31-15-10-13-29(27-31)28-12-9-14-30(26-28)45-47-43(42-36-19-4-8-25-41(36)51-46(42)48-45)37-21-11-20-35-34-18-3-7-24-40(34)50-44(35)37/h1-27H. The van der Waals surface area contributed by atoms with Gasteiger partial charge in [-0.25, -0.2) is 9.97 Å². The molecule has 7 aromatic carbocycles. The fourth-order valence-electron chi connectivity index (χ4n) is 7.74. The molecule has 0 saturated carbocycles. The highest BCUT2D eigenvalue weighted by molar-refractivity contribution is 7.25. The third-order valence-electron chi connectivity index (χ3n) is 10.0. The van der Waals surface area contributed by atoms with Gasteiger partial charge in [-0.15, -0.1) is 11.3 Å². The van der Waals surface area contributed by atoms with Crippen molar-refractivity contribution in [1.82, 2.24) is 14.5 Å². The van der Waals surface area contributed by atoms with Gasteiger partial charge < -0.3 is 8.98 Å². The average Bonchev–Trinajstić information content (AvgIpc) is 3.87. The van der Waals surface area contributed by atoms with Gasteiger partial charge >= 0.3 is 0 Å². The molecule has 0 aliphatic carbocycles. The van der Waals surface area contributed by atoms with E-state index in [0.717, 1.165) is 71.2 Å². The molecular formula is C46H27N3OS. The van der Waals surface area contributed by atoms with Gasteiger partial charge in [0.1, 0.15) is 16.0 Å². The summed E-state index contributed by atoms with van der Waals surface area (Å²) in [5.74, 6) is 0.692. The topological polar surface area (TPSA) is 43.9 Å². The molecule has 5 heteroatoms. The lowest BCUT2D eigenvalue weighted by atomic mass is 10.0. The normalized spacial score (nSPS) is 11.9. The Hall–Kier alpha value is -6.56. The van der Waals surface area contributed by atoms with Crippen molar-refractivity contribution in [3.8, 4) is 39.5 Å². The Balaban J connectivity index is 1.10. The summed E-state index contributed by atoms with van der Waals surface area (Å²) < 4.78 is 10.1. The van der Waals surface area contributed by atoms with Gasteiger partial charge in [-0.2, -0.15) is 0 Å². The van der Waals surface area contributed by atoms with Crippen LogP contribution in [0.25, 0.3) is 104 Å². The first-order chi connectivity index (χ1) is 25.3. The molecule has 0 atom stereocenters. The van der Waals surface area contributed by atoms with Crippen LogP contribution in [0.15, 0.2) is 168 Å². The number of hydrogen-bond donors (Lipinski definition) is 0. The number of aromatic nitrogens is 3. The maximum atomic E-state index is 6.53. The van der Waals surface area contributed by atoms with Crippen LogP contribution in [-0.4, -0.2) is 14.5 Å². The molecule has 4 aromatic heterocycles. The van der Waals surface area contributed by atoms with Crippen LogP contribution in [0.1, 0.15) is 0 Å². The second kappa shape index (κ2) is 11.0. The van der Waals surface area contributed by atoms with Gasteiger partial charge in [0.2, 0.25) is 0 Å². The van der Waals surface area contributed by atoms with E-state index >= 15 is 0 Å². The lowest BCUT2D eigenvalue weighted by molar-refractivity contribution is 0.670. The number of thiophene rings is 1. The summed E-state index contributed by atoms with van der Waals surface area (Å²) in [6.45, 7) is 0. The molecule has 51 heavy (non-hydrogen) atoms. The molecule has 4 nitrogen and oxygen atoms in total. The van der Waals surface area contributed by atoms with Crippen LogP contribution in [-0.2, 0) is 0 Å². The van der Waals surface area contributed by atoms with Crippen LogP contribution in [0.4, 0.5) is 0 Å². The Bertz CT molecular complexity index is 3110. The average molecular weight is 670 g/mol. The van der Waals surface area contributed by atoms with Crippen molar-refractivity contribution in [2.24, 2.45) is 0 Å². The van der Waals surface area contributed by atoms with Crippen molar-refractivity contribution in [3.05, 3.63) is 164 Å². The van der Waals surface area contributed by atoms with E-state index in [-0.39, 0.29) is 0 Å². The van der Waals surface area contributed by atoms with E-state index in [9.17, 15) is 0 Å². The monoisotopic (exact) mass is 669 g/mol. The summed E-state index contributed by atoms with van der Waals surface area (Å²) in [4.78, 5) is 11.6. The van der Waals surface area contributed by atoms with E-state index < -0.39 is 0 Å². The van der Waals surface area contributed by atoms with Crippen molar-refractivity contribution in [2.45, 2.75) is 0 Å². The maximum absolute atomic E-state index is 6.53. The summed E-state index contributed by atoms with van der Waals surface area (Å²) in [7, 11) is 0. The molecule has 0 N–H and O–H groups in total. The smallest absolute Gasteiger partial charge is 0.161 e. The van der Waals surface area contributed by atoms with Gasteiger partial charge in [-0.1, -0.05) is 115 Å². The minimum Gasteiger partial charge on any atom is -0.455 e. The zero-order chi connectivity index (χ0) is 33.5. The number of fused-ring (bicyclic) bond motifs is 9. The van der Waals surface area contributed by atoms with E-state index in [2.05, 4.69) is 156 Å². The fourth-order valence-corrected chi connectivity index (χ4v) is 8.82. The molecule has 11 aromatic rings. The highest BCUT2D eigenvalue weighted by Gasteiger charge is 2.21. The Morgan fingerprint density at radius 1 is 0.490 bits per heavy atom. The van der Waals surface area contributed by atoms with Crippen LogP contribution in [0, 0.1) is 0 Å².